The first kappa shape index (κ1) is 25.9. The van der Waals surface area contributed by atoms with Crippen molar-refractivity contribution in [3.8, 4) is 46.8 Å². The van der Waals surface area contributed by atoms with Gasteiger partial charge < -0.3 is 19.5 Å². The Morgan fingerprint density at radius 2 is 1.80 bits per heavy atom. The van der Waals surface area contributed by atoms with Gasteiger partial charge in [0.25, 0.3) is 5.91 Å². The van der Waals surface area contributed by atoms with Gasteiger partial charge in [-0.05, 0) is 41.5 Å². The molecule has 0 aliphatic rings. The quantitative estimate of drug-likeness (QED) is 0.331. The molecule has 0 radical (unpaired) electrons. The van der Waals surface area contributed by atoms with E-state index in [0.717, 1.165) is 22.0 Å². The molecule has 5 nitrogen and oxygen atoms in total. The standard InChI is InChI=1S/C29H26BrNO4/c1-4-6-9-19-34-26-17-14-22(20-27(26)33-3)24-10-7-8-11-25(24)31-29(32)28(35-18-5-2)21-12-15-23(30)16-13-21/h2,7-8,10-17,20,28H,4,18-19H2,1,3H3,(H,31,32). The average Bonchev–Trinajstić information content (AvgIpc) is 2.88. The van der Waals surface area contributed by atoms with Gasteiger partial charge in [-0.15, -0.1) is 12.3 Å². The molecule has 0 bridgehead atoms. The van der Waals surface area contributed by atoms with Crippen LogP contribution < -0.4 is 14.8 Å². The Balaban J connectivity index is 1.87. The van der Waals surface area contributed by atoms with E-state index in [4.69, 9.17) is 20.6 Å². The van der Waals surface area contributed by atoms with Gasteiger partial charge in [-0.2, -0.15) is 0 Å². The molecular formula is C29H26BrNO4. The summed E-state index contributed by atoms with van der Waals surface area (Å²) in [6, 6.07) is 20.5. The average molecular weight is 532 g/mol. The SMILES string of the molecule is C#CCOC(C(=O)Nc1ccccc1-c1ccc(OCC#CCC)c(OC)c1)c1ccc(Br)cc1. The number of halogens is 1. The first-order chi connectivity index (χ1) is 17.1. The summed E-state index contributed by atoms with van der Waals surface area (Å²) in [6.45, 7) is 2.28. The second-order valence-corrected chi connectivity index (χ2v) is 8.26. The lowest BCUT2D eigenvalue weighted by atomic mass is 10.0. The molecule has 178 valence electrons. The van der Waals surface area contributed by atoms with E-state index in [-0.39, 0.29) is 19.1 Å². The topological polar surface area (TPSA) is 56.8 Å². The highest BCUT2D eigenvalue weighted by Gasteiger charge is 2.22. The predicted molar refractivity (Wildman–Crippen MR) is 142 cm³/mol. The third-order valence-electron chi connectivity index (χ3n) is 5.01. The molecular weight excluding hydrogens is 506 g/mol. The van der Waals surface area contributed by atoms with Crippen molar-refractivity contribution in [3.63, 3.8) is 0 Å². The number of hydrogen-bond acceptors (Lipinski definition) is 4. The molecule has 6 heteroatoms. The maximum atomic E-state index is 13.3. The number of nitrogens with one attached hydrogen (secondary N) is 1. The maximum Gasteiger partial charge on any atom is 0.258 e. The molecule has 0 fully saturated rings. The van der Waals surface area contributed by atoms with Crippen molar-refractivity contribution in [2.75, 3.05) is 25.6 Å². The van der Waals surface area contributed by atoms with Crippen LogP contribution in [0.3, 0.4) is 0 Å². The van der Waals surface area contributed by atoms with E-state index in [2.05, 4.69) is 39.0 Å². The van der Waals surface area contributed by atoms with Crippen molar-refractivity contribution in [2.24, 2.45) is 0 Å². The Hall–Kier alpha value is -3.71. The summed E-state index contributed by atoms with van der Waals surface area (Å²) < 4.78 is 17.9. The largest absolute Gasteiger partial charge is 0.493 e. The zero-order chi connectivity index (χ0) is 25.0. The highest BCUT2D eigenvalue weighted by atomic mass is 79.9. The van der Waals surface area contributed by atoms with Gasteiger partial charge in [0.05, 0.1) is 7.11 Å². The molecule has 0 aliphatic carbocycles. The molecule has 0 spiro atoms. The molecule has 3 aromatic carbocycles. The number of terminal acetylenes is 1. The van der Waals surface area contributed by atoms with Crippen molar-refractivity contribution in [1.82, 2.24) is 0 Å². The number of carbonyl (C=O) groups excluding carboxylic acids is 1. The van der Waals surface area contributed by atoms with Gasteiger partial charge in [-0.25, -0.2) is 0 Å². The van der Waals surface area contributed by atoms with Crippen LogP contribution in [0.15, 0.2) is 71.2 Å². The Labute approximate surface area is 214 Å². The summed E-state index contributed by atoms with van der Waals surface area (Å²) >= 11 is 3.41. The monoisotopic (exact) mass is 531 g/mol. The Morgan fingerprint density at radius 3 is 2.51 bits per heavy atom. The number of methoxy groups -OCH3 is 1. The minimum Gasteiger partial charge on any atom is -0.493 e. The lowest BCUT2D eigenvalue weighted by molar-refractivity contribution is -0.126. The molecule has 0 aliphatic heterocycles. The number of rotatable bonds is 9. The van der Waals surface area contributed by atoms with Crippen LogP contribution in [0, 0.1) is 24.2 Å². The van der Waals surface area contributed by atoms with E-state index in [9.17, 15) is 4.79 Å². The van der Waals surface area contributed by atoms with Crippen LogP contribution in [-0.4, -0.2) is 26.2 Å². The van der Waals surface area contributed by atoms with E-state index in [1.165, 1.54) is 0 Å². The summed E-state index contributed by atoms with van der Waals surface area (Å²) in [7, 11) is 1.59. The van der Waals surface area contributed by atoms with E-state index in [1.54, 1.807) is 7.11 Å². The number of hydrogen-bond donors (Lipinski definition) is 1. The summed E-state index contributed by atoms with van der Waals surface area (Å²) in [5.41, 5.74) is 3.01. The molecule has 3 rings (SSSR count). The second-order valence-electron chi connectivity index (χ2n) is 7.34. The molecule has 1 unspecified atom stereocenters. The van der Waals surface area contributed by atoms with E-state index < -0.39 is 6.10 Å². The van der Waals surface area contributed by atoms with Crippen molar-refractivity contribution in [3.05, 3.63) is 76.8 Å². The normalized spacial score (nSPS) is 10.9. The number of para-hydroxylation sites is 1. The minimum absolute atomic E-state index is 0.0110. The van der Waals surface area contributed by atoms with Gasteiger partial charge in [0.2, 0.25) is 0 Å². The van der Waals surface area contributed by atoms with Crippen LogP contribution in [0.25, 0.3) is 11.1 Å². The number of carbonyl (C=O) groups is 1. The fraction of sp³-hybridized carbons (Fsp3) is 0.207. The Kier molecular flexibility index (Phi) is 9.80. The molecule has 0 aromatic heterocycles. The molecule has 1 amide bonds. The fourth-order valence-corrected chi connectivity index (χ4v) is 3.64. The highest BCUT2D eigenvalue weighted by molar-refractivity contribution is 9.10. The van der Waals surface area contributed by atoms with E-state index in [1.807, 2.05) is 73.7 Å². The van der Waals surface area contributed by atoms with Gasteiger partial charge >= 0.3 is 0 Å². The van der Waals surface area contributed by atoms with Gasteiger partial charge in [-0.3, -0.25) is 4.79 Å². The summed E-state index contributed by atoms with van der Waals surface area (Å²) in [4.78, 5) is 13.3. The first-order valence-electron chi connectivity index (χ1n) is 11.0. The van der Waals surface area contributed by atoms with Gasteiger partial charge in [0.1, 0.15) is 13.2 Å². The molecule has 0 saturated carbocycles. The molecule has 0 saturated heterocycles. The van der Waals surface area contributed by atoms with Gasteiger partial charge in [0, 0.05) is 22.1 Å². The summed E-state index contributed by atoms with van der Waals surface area (Å²) in [5.74, 6) is 9.21. The van der Waals surface area contributed by atoms with Crippen molar-refractivity contribution in [1.29, 1.82) is 0 Å². The lowest BCUT2D eigenvalue weighted by Gasteiger charge is -2.19. The predicted octanol–water partition coefficient (Wildman–Crippen LogP) is 6.25. The van der Waals surface area contributed by atoms with Crippen molar-refractivity contribution >= 4 is 27.5 Å². The molecule has 0 heterocycles. The number of amides is 1. The van der Waals surface area contributed by atoms with Crippen LogP contribution >= 0.6 is 15.9 Å². The van der Waals surface area contributed by atoms with Crippen LogP contribution in [-0.2, 0) is 9.53 Å². The van der Waals surface area contributed by atoms with Crippen LogP contribution in [0.2, 0.25) is 0 Å². The lowest BCUT2D eigenvalue weighted by Crippen LogP contribution is -2.24. The van der Waals surface area contributed by atoms with Crippen molar-refractivity contribution < 1.29 is 19.0 Å². The Morgan fingerprint density at radius 1 is 1.03 bits per heavy atom. The van der Waals surface area contributed by atoms with E-state index in [0.29, 0.717) is 22.7 Å². The first-order valence-corrected chi connectivity index (χ1v) is 11.8. The fourth-order valence-electron chi connectivity index (χ4n) is 3.38. The third-order valence-corrected chi connectivity index (χ3v) is 5.53. The van der Waals surface area contributed by atoms with Crippen molar-refractivity contribution in [2.45, 2.75) is 19.4 Å². The number of ether oxygens (including phenoxy) is 3. The maximum absolute atomic E-state index is 13.3. The zero-order valence-corrected chi connectivity index (χ0v) is 21.2. The van der Waals surface area contributed by atoms with Crippen LogP contribution in [0.4, 0.5) is 5.69 Å². The van der Waals surface area contributed by atoms with Gasteiger partial charge in [-0.1, -0.05) is 71.1 Å². The zero-order valence-electron chi connectivity index (χ0n) is 19.6. The molecule has 1 atom stereocenters. The highest BCUT2D eigenvalue weighted by Crippen LogP contribution is 2.36. The summed E-state index contributed by atoms with van der Waals surface area (Å²) in [5, 5.41) is 3.00. The smallest absolute Gasteiger partial charge is 0.258 e. The minimum atomic E-state index is -0.859. The molecule has 35 heavy (non-hydrogen) atoms. The molecule has 3 aromatic rings. The number of benzene rings is 3. The summed E-state index contributed by atoms with van der Waals surface area (Å²) in [6.07, 6.45) is 5.29. The van der Waals surface area contributed by atoms with Gasteiger partial charge in [0.15, 0.2) is 17.6 Å². The van der Waals surface area contributed by atoms with E-state index >= 15 is 0 Å². The van der Waals surface area contributed by atoms with Crippen LogP contribution in [0.5, 0.6) is 11.5 Å². The number of anilines is 1. The van der Waals surface area contributed by atoms with Crippen LogP contribution in [0.1, 0.15) is 25.0 Å². The second kappa shape index (κ2) is 13.2. The molecule has 1 N–H and O–H groups in total. The Bertz CT molecular complexity index is 1250. The third kappa shape index (κ3) is 7.13.